The normalized spacial score (nSPS) is 13.7. The van der Waals surface area contributed by atoms with Gasteiger partial charge in [0.1, 0.15) is 5.70 Å². The molecule has 0 unspecified atom stereocenters. The van der Waals surface area contributed by atoms with Crippen molar-refractivity contribution in [1.82, 2.24) is 0 Å². The maximum Gasteiger partial charge on any atom is 0.282 e. The highest BCUT2D eigenvalue weighted by atomic mass is 35.5. The molecule has 162 valence electrons. The summed E-state index contributed by atoms with van der Waals surface area (Å²) >= 11 is 6.28. The number of halogens is 1. The monoisotopic (exact) mass is 445 g/mol. The second-order valence-electron chi connectivity index (χ2n) is 8.06. The average Bonchev–Trinajstić information content (AvgIpc) is 3.01. The van der Waals surface area contributed by atoms with Gasteiger partial charge in [0.15, 0.2) is 0 Å². The highest BCUT2D eigenvalue weighted by Gasteiger charge is 2.40. The quantitative estimate of drug-likeness (QED) is 0.533. The third-order valence-electron chi connectivity index (χ3n) is 5.49. The molecule has 5 nitrogen and oxygen atoms in total. The van der Waals surface area contributed by atoms with E-state index in [1.165, 1.54) is 4.90 Å². The van der Waals surface area contributed by atoms with Crippen LogP contribution in [0.3, 0.4) is 0 Å². The Bertz CT molecular complexity index is 1230. The number of anilines is 3. The Labute approximate surface area is 192 Å². The molecule has 0 bridgehead atoms. The van der Waals surface area contributed by atoms with Crippen LogP contribution in [0.15, 0.2) is 72.4 Å². The van der Waals surface area contributed by atoms with Crippen LogP contribution >= 0.6 is 11.6 Å². The lowest BCUT2D eigenvalue weighted by molar-refractivity contribution is -0.120. The van der Waals surface area contributed by atoms with E-state index in [1.807, 2.05) is 81.4 Å². The molecule has 6 heteroatoms. The number of imide groups is 1. The zero-order valence-corrected chi connectivity index (χ0v) is 19.2. The van der Waals surface area contributed by atoms with Crippen molar-refractivity contribution in [1.29, 1.82) is 0 Å². The molecular weight excluding hydrogens is 422 g/mol. The number of carbonyl (C=O) groups excluding carboxylic acids is 2. The second-order valence-corrected chi connectivity index (χ2v) is 8.47. The van der Waals surface area contributed by atoms with Gasteiger partial charge in [-0.3, -0.25) is 9.59 Å². The molecule has 4 rings (SSSR count). The minimum absolute atomic E-state index is 0.232. The minimum Gasteiger partial charge on any atom is -0.378 e. The molecule has 0 fully saturated rings. The number of amides is 2. The Morgan fingerprint density at radius 2 is 1.50 bits per heavy atom. The third kappa shape index (κ3) is 3.99. The van der Waals surface area contributed by atoms with E-state index in [-0.39, 0.29) is 11.6 Å². The average molecular weight is 446 g/mol. The standard InChI is InChI=1S/C26H24ClN3O2/c1-16-5-8-18(9-6-16)23-24(28-19-10-7-17(2)22(27)15-19)26(32)30(25(23)31)21-13-11-20(12-14-21)29(3)4/h5-15,28H,1-4H3. The molecule has 3 aromatic rings. The summed E-state index contributed by atoms with van der Waals surface area (Å²) in [7, 11) is 3.87. The summed E-state index contributed by atoms with van der Waals surface area (Å²) < 4.78 is 0. The smallest absolute Gasteiger partial charge is 0.282 e. The molecule has 1 N–H and O–H groups in total. The van der Waals surface area contributed by atoms with E-state index in [1.54, 1.807) is 18.2 Å². The molecule has 0 radical (unpaired) electrons. The van der Waals surface area contributed by atoms with Crippen molar-refractivity contribution in [3.8, 4) is 0 Å². The highest BCUT2D eigenvalue weighted by Crippen LogP contribution is 2.35. The number of hydrogen-bond donors (Lipinski definition) is 1. The SMILES string of the molecule is Cc1ccc(C2=C(Nc3ccc(C)c(Cl)c3)C(=O)N(c3ccc(N(C)C)cc3)C2=O)cc1. The molecule has 0 aliphatic carbocycles. The van der Waals surface area contributed by atoms with Gasteiger partial charge >= 0.3 is 0 Å². The van der Waals surface area contributed by atoms with Crippen LogP contribution < -0.4 is 15.1 Å². The van der Waals surface area contributed by atoms with Crippen molar-refractivity contribution in [2.24, 2.45) is 0 Å². The highest BCUT2D eigenvalue weighted by molar-refractivity contribution is 6.46. The number of aryl methyl sites for hydroxylation is 2. The fourth-order valence-corrected chi connectivity index (χ4v) is 3.76. The van der Waals surface area contributed by atoms with Crippen LogP contribution in [0.4, 0.5) is 17.1 Å². The number of hydrogen-bond acceptors (Lipinski definition) is 4. The first-order valence-electron chi connectivity index (χ1n) is 10.3. The number of nitrogens with one attached hydrogen (secondary N) is 1. The largest absolute Gasteiger partial charge is 0.378 e. The Hall–Kier alpha value is -3.57. The Balaban J connectivity index is 1.79. The predicted octanol–water partition coefficient (Wildman–Crippen LogP) is 5.42. The van der Waals surface area contributed by atoms with Gasteiger partial charge in [0.05, 0.1) is 11.3 Å². The Morgan fingerprint density at radius 3 is 2.09 bits per heavy atom. The van der Waals surface area contributed by atoms with E-state index in [0.717, 1.165) is 16.8 Å². The molecule has 0 aromatic heterocycles. The van der Waals surface area contributed by atoms with Crippen molar-refractivity contribution >= 4 is 46.1 Å². The molecule has 0 saturated carbocycles. The fraction of sp³-hybridized carbons (Fsp3) is 0.154. The summed E-state index contributed by atoms with van der Waals surface area (Å²) in [5.41, 5.74) is 5.40. The van der Waals surface area contributed by atoms with Crippen molar-refractivity contribution in [2.45, 2.75) is 13.8 Å². The van der Waals surface area contributed by atoms with Crippen LogP contribution in [0, 0.1) is 13.8 Å². The van der Waals surface area contributed by atoms with E-state index in [9.17, 15) is 9.59 Å². The first kappa shape index (κ1) is 21.7. The van der Waals surface area contributed by atoms with Gasteiger partial charge in [0.25, 0.3) is 11.8 Å². The molecule has 32 heavy (non-hydrogen) atoms. The summed E-state index contributed by atoms with van der Waals surface area (Å²) in [5, 5.41) is 3.74. The first-order valence-corrected chi connectivity index (χ1v) is 10.6. The van der Waals surface area contributed by atoms with E-state index in [4.69, 9.17) is 11.6 Å². The van der Waals surface area contributed by atoms with Crippen LogP contribution in [0.2, 0.25) is 5.02 Å². The van der Waals surface area contributed by atoms with Crippen LogP contribution in [0.1, 0.15) is 16.7 Å². The summed E-state index contributed by atoms with van der Waals surface area (Å²) in [4.78, 5) is 30.2. The lowest BCUT2D eigenvalue weighted by Gasteiger charge is -2.18. The maximum atomic E-state index is 13.5. The van der Waals surface area contributed by atoms with Gasteiger partial charge in [-0.1, -0.05) is 47.5 Å². The van der Waals surface area contributed by atoms with Crippen molar-refractivity contribution in [2.75, 3.05) is 29.2 Å². The van der Waals surface area contributed by atoms with Gasteiger partial charge in [-0.2, -0.15) is 0 Å². The van der Waals surface area contributed by atoms with E-state index in [2.05, 4.69) is 5.32 Å². The second kappa shape index (κ2) is 8.52. The lowest BCUT2D eigenvalue weighted by atomic mass is 10.0. The van der Waals surface area contributed by atoms with Gasteiger partial charge in [0.2, 0.25) is 0 Å². The van der Waals surface area contributed by atoms with Gasteiger partial charge in [-0.15, -0.1) is 0 Å². The topological polar surface area (TPSA) is 52.7 Å². The fourth-order valence-electron chi connectivity index (χ4n) is 3.58. The number of carbonyl (C=O) groups is 2. The minimum atomic E-state index is -0.403. The molecule has 0 spiro atoms. The van der Waals surface area contributed by atoms with Crippen LogP contribution in [0.5, 0.6) is 0 Å². The van der Waals surface area contributed by atoms with Crippen molar-refractivity contribution in [3.05, 3.63) is 94.1 Å². The van der Waals surface area contributed by atoms with Crippen molar-refractivity contribution < 1.29 is 9.59 Å². The zero-order valence-electron chi connectivity index (χ0n) is 18.4. The summed E-state index contributed by atoms with van der Waals surface area (Å²) in [6.45, 7) is 3.89. The summed E-state index contributed by atoms with van der Waals surface area (Å²) in [6.07, 6.45) is 0. The molecule has 1 heterocycles. The lowest BCUT2D eigenvalue weighted by Crippen LogP contribution is -2.32. The predicted molar refractivity (Wildman–Crippen MR) is 131 cm³/mol. The number of benzene rings is 3. The maximum absolute atomic E-state index is 13.5. The molecule has 0 atom stereocenters. The number of rotatable bonds is 5. The van der Waals surface area contributed by atoms with Crippen LogP contribution in [0.25, 0.3) is 5.57 Å². The zero-order chi connectivity index (χ0) is 23.0. The summed E-state index contributed by atoms with van der Waals surface area (Å²) in [6, 6.07) is 20.4. The molecular formula is C26H24ClN3O2. The Morgan fingerprint density at radius 1 is 0.844 bits per heavy atom. The van der Waals surface area contributed by atoms with Crippen LogP contribution in [-0.2, 0) is 9.59 Å². The molecule has 2 amide bonds. The molecule has 1 aliphatic heterocycles. The third-order valence-corrected chi connectivity index (χ3v) is 5.90. The van der Waals surface area contributed by atoms with Gasteiger partial charge in [0, 0.05) is 30.5 Å². The van der Waals surface area contributed by atoms with E-state index < -0.39 is 5.91 Å². The number of nitrogens with zero attached hydrogens (tertiary/aromatic N) is 2. The van der Waals surface area contributed by atoms with Gasteiger partial charge < -0.3 is 10.2 Å². The van der Waals surface area contributed by atoms with Crippen LogP contribution in [-0.4, -0.2) is 25.9 Å². The molecule has 1 aliphatic rings. The molecule has 0 saturated heterocycles. The Kier molecular flexibility index (Phi) is 5.76. The van der Waals surface area contributed by atoms with Gasteiger partial charge in [-0.25, -0.2) is 4.90 Å². The molecule has 3 aromatic carbocycles. The summed E-state index contributed by atoms with van der Waals surface area (Å²) in [5.74, 6) is -0.767. The van der Waals surface area contributed by atoms with Gasteiger partial charge in [-0.05, 0) is 61.4 Å². The first-order chi connectivity index (χ1) is 15.3. The van der Waals surface area contributed by atoms with E-state index in [0.29, 0.717) is 27.5 Å². The van der Waals surface area contributed by atoms with E-state index >= 15 is 0 Å². The van der Waals surface area contributed by atoms with Crippen molar-refractivity contribution in [3.63, 3.8) is 0 Å².